The first-order valence-electron chi connectivity index (χ1n) is 8.37. The standard InChI is InChI=1S/C21H15N3O2S/c1-14(25)22-21-24(16-10-3-2-4-11-16)23-20(27-21)19(26)18-13-7-9-15-8-5-6-12-17(15)18/h2-13H,1H3. The molecule has 0 N–H and O–H groups in total. The van der Waals surface area contributed by atoms with E-state index in [1.807, 2.05) is 66.7 Å². The number of amides is 1. The number of hydrogen-bond acceptors (Lipinski definition) is 4. The van der Waals surface area contributed by atoms with Crippen LogP contribution in [0.5, 0.6) is 0 Å². The highest BCUT2D eigenvalue weighted by Gasteiger charge is 2.18. The summed E-state index contributed by atoms with van der Waals surface area (Å²) in [6.45, 7) is 1.38. The fourth-order valence-electron chi connectivity index (χ4n) is 2.86. The van der Waals surface area contributed by atoms with Crippen molar-refractivity contribution in [2.75, 3.05) is 0 Å². The predicted octanol–water partition coefficient (Wildman–Crippen LogP) is 3.77. The van der Waals surface area contributed by atoms with Crippen molar-refractivity contribution in [2.45, 2.75) is 6.92 Å². The van der Waals surface area contributed by atoms with Crippen molar-refractivity contribution in [3.63, 3.8) is 0 Å². The molecule has 0 fully saturated rings. The maximum atomic E-state index is 13.2. The highest BCUT2D eigenvalue weighted by Crippen LogP contribution is 2.22. The van der Waals surface area contributed by atoms with E-state index in [-0.39, 0.29) is 16.7 Å². The smallest absolute Gasteiger partial charge is 0.245 e. The van der Waals surface area contributed by atoms with Gasteiger partial charge in [-0.15, -0.1) is 0 Å². The molecule has 4 aromatic rings. The normalized spacial score (nSPS) is 11.7. The summed E-state index contributed by atoms with van der Waals surface area (Å²) in [7, 11) is 0. The molecule has 0 unspecified atom stereocenters. The van der Waals surface area contributed by atoms with E-state index >= 15 is 0 Å². The molecule has 1 heterocycles. The molecular weight excluding hydrogens is 358 g/mol. The van der Waals surface area contributed by atoms with Crippen molar-refractivity contribution in [3.8, 4) is 5.69 Å². The molecule has 4 rings (SSSR count). The topological polar surface area (TPSA) is 64.3 Å². The third kappa shape index (κ3) is 3.35. The minimum atomic E-state index is -0.340. The maximum absolute atomic E-state index is 13.2. The lowest BCUT2D eigenvalue weighted by atomic mass is 10.0. The number of rotatable bonds is 3. The highest BCUT2D eigenvalue weighted by molar-refractivity contribution is 7.11. The summed E-state index contributed by atoms with van der Waals surface area (Å²) in [5.41, 5.74) is 1.32. The Bertz CT molecular complexity index is 1220. The molecule has 0 aliphatic rings. The first kappa shape index (κ1) is 17.1. The Kier molecular flexibility index (Phi) is 4.48. The molecule has 1 amide bonds. The highest BCUT2D eigenvalue weighted by atomic mass is 32.1. The van der Waals surface area contributed by atoms with Crippen molar-refractivity contribution in [1.29, 1.82) is 0 Å². The van der Waals surface area contributed by atoms with Gasteiger partial charge in [0.05, 0.1) is 5.69 Å². The Balaban J connectivity index is 1.88. The van der Waals surface area contributed by atoms with Crippen LogP contribution in [-0.2, 0) is 4.79 Å². The first-order chi connectivity index (χ1) is 13.1. The molecule has 27 heavy (non-hydrogen) atoms. The lowest BCUT2D eigenvalue weighted by molar-refractivity contribution is -0.116. The molecule has 0 aliphatic carbocycles. The number of carbonyl (C=O) groups excluding carboxylic acids is 2. The largest absolute Gasteiger partial charge is 0.286 e. The minimum Gasteiger partial charge on any atom is -0.286 e. The van der Waals surface area contributed by atoms with Gasteiger partial charge in [0.2, 0.25) is 16.5 Å². The molecule has 6 heteroatoms. The average molecular weight is 373 g/mol. The van der Waals surface area contributed by atoms with Crippen LogP contribution in [-0.4, -0.2) is 21.5 Å². The molecule has 0 bridgehead atoms. The number of fused-ring (bicyclic) bond motifs is 1. The van der Waals surface area contributed by atoms with Gasteiger partial charge in [-0.1, -0.05) is 72.0 Å². The first-order valence-corrected chi connectivity index (χ1v) is 9.18. The number of aromatic nitrogens is 2. The number of ketones is 1. The SMILES string of the molecule is CC(=O)N=c1sc(C(=O)c2cccc3ccccc23)nn1-c1ccccc1. The molecule has 0 aliphatic heterocycles. The van der Waals surface area contributed by atoms with Crippen LogP contribution < -0.4 is 4.80 Å². The van der Waals surface area contributed by atoms with Crippen molar-refractivity contribution < 1.29 is 9.59 Å². The molecule has 0 atom stereocenters. The number of hydrogen-bond donors (Lipinski definition) is 0. The molecular formula is C21H15N3O2S. The van der Waals surface area contributed by atoms with E-state index in [4.69, 9.17) is 0 Å². The number of nitrogens with zero attached hydrogens (tertiary/aromatic N) is 3. The van der Waals surface area contributed by atoms with E-state index < -0.39 is 0 Å². The Labute approximate surface area is 159 Å². The summed E-state index contributed by atoms with van der Waals surface area (Å²) in [4.78, 5) is 29.1. The van der Waals surface area contributed by atoms with Gasteiger partial charge in [-0.3, -0.25) is 9.59 Å². The molecule has 0 radical (unpaired) electrons. The molecule has 0 spiro atoms. The lowest BCUT2D eigenvalue weighted by Crippen LogP contribution is -2.15. The summed E-state index contributed by atoms with van der Waals surface area (Å²) in [5, 5.41) is 6.61. The number of benzene rings is 3. The van der Waals surface area contributed by atoms with E-state index in [1.54, 1.807) is 6.07 Å². The number of para-hydroxylation sites is 1. The van der Waals surface area contributed by atoms with E-state index in [0.29, 0.717) is 10.4 Å². The lowest BCUT2D eigenvalue weighted by Gasteiger charge is -2.03. The van der Waals surface area contributed by atoms with Crippen LogP contribution in [0.15, 0.2) is 77.8 Å². The summed E-state index contributed by atoms with van der Waals surface area (Å²) in [6, 6.07) is 22.7. The van der Waals surface area contributed by atoms with Gasteiger partial charge in [0, 0.05) is 12.5 Å². The molecule has 0 saturated heterocycles. The van der Waals surface area contributed by atoms with Crippen LogP contribution in [0.3, 0.4) is 0 Å². The van der Waals surface area contributed by atoms with Crippen LogP contribution >= 0.6 is 11.3 Å². The predicted molar refractivity (Wildman–Crippen MR) is 105 cm³/mol. The monoisotopic (exact) mass is 373 g/mol. The fraction of sp³-hybridized carbons (Fsp3) is 0.0476. The van der Waals surface area contributed by atoms with Crippen LogP contribution in [0, 0.1) is 0 Å². The molecule has 132 valence electrons. The van der Waals surface area contributed by atoms with E-state index in [9.17, 15) is 9.59 Å². The van der Waals surface area contributed by atoms with Crippen LogP contribution in [0.25, 0.3) is 16.5 Å². The fourth-order valence-corrected chi connectivity index (χ4v) is 3.76. The minimum absolute atomic E-state index is 0.188. The average Bonchev–Trinajstić information content (AvgIpc) is 3.10. The van der Waals surface area contributed by atoms with Crippen LogP contribution in [0.1, 0.15) is 22.3 Å². The zero-order valence-corrected chi connectivity index (χ0v) is 15.3. The Morgan fingerprint density at radius 1 is 0.926 bits per heavy atom. The Morgan fingerprint density at radius 3 is 2.41 bits per heavy atom. The zero-order valence-electron chi connectivity index (χ0n) is 14.5. The van der Waals surface area contributed by atoms with Gasteiger partial charge in [-0.05, 0) is 22.9 Å². The van der Waals surface area contributed by atoms with Gasteiger partial charge < -0.3 is 0 Å². The molecule has 1 aromatic heterocycles. The van der Waals surface area contributed by atoms with Gasteiger partial charge in [-0.2, -0.15) is 10.1 Å². The van der Waals surface area contributed by atoms with Gasteiger partial charge in [0.25, 0.3) is 0 Å². The van der Waals surface area contributed by atoms with E-state index in [2.05, 4.69) is 10.1 Å². The summed E-state index contributed by atoms with van der Waals surface area (Å²) in [5.74, 6) is -0.529. The third-order valence-electron chi connectivity index (χ3n) is 4.04. The molecule has 0 saturated carbocycles. The summed E-state index contributed by atoms with van der Waals surface area (Å²) in [6.07, 6.45) is 0. The van der Waals surface area contributed by atoms with Gasteiger partial charge in [0.1, 0.15) is 0 Å². The van der Waals surface area contributed by atoms with Crippen molar-refractivity contribution in [1.82, 2.24) is 9.78 Å². The summed E-state index contributed by atoms with van der Waals surface area (Å²) < 4.78 is 1.53. The van der Waals surface area contributed by atoms with Crippen LogP contribution in [0.2, 0.25) is 0 Å². The van der Waals surface area contributed by atoms with Crippen molar-refractivity contribution >= 4 is 33.8 Å². The second-order valence-corrected chi connectivity index (χ2v) is 6.88. The van der Waals surface area contributed by atoms with Crippen molar-refractivity contribution in [3.05, 3.63) is 88.2 Å². The Hall–Kier alpha value is -3.38. The van der Waals surface area contributed by atoms with Gasteiger partial charge >= 0.3 is 0 Å². The van der Waals surface area contributed by atoms with Gasteiger partial charge in [0.15, 0.2) is 5.01 Å². The third-order valence-corrected chi connectivity index (χ3v) is 4.95. The second kappa shape index (κ2) is 7.09. The van der Waals surface area contributed by atoms with Crippen molar-refractivity contribution in [2.24, 2.45) is 4.99 Å². The maximum Gasteiger partial charge on any atom is 0.245 e. The quantitative estimate of drug-likeness (QED) is 0.514. The molecule has 3 aromatic carbocycles. The zero-order chi connectivity index (χ0) is 18.8. The van der Waals surface area contributed by atoms with E-state index in [0.717, 1.165) is 27.8 Å². The van der Waals surface area contributed by atoms with Gasteiger partial charge in [-0.25, -0.2) is 4.68 Å². The number of carbonyl (C=O) groups is 2. The summed E-state index contributed by atoms with van der Waals surface area (Å²) >= 11 is 1.11. The second-order valence-electron chi connectivity index (χ2n) is 5.92. The molecule has 5 nitrogen and oxygen atoms in total. The Morgan fingerprint density at radius 2 is 1.63 bits per heavy atom. The van der Waals surface area contributed by atoms with E-state index in [1.165, 1.54) is 11.6 Å². The van der Waals surface area contributed by atoms with Crippen LogP contribution in [0.4, 0.5) is 0 Å².